The van der Waals surface area contributed by atoms with Gasteiger partial charge in [0, 0.05) is 37.4 Å². The van der Waals surface area contributed by atoms with Crippen molar-refractivity contribution in [1.82, 2.24) is 19.8 Å². The maximum absolute atomic E-state index is 13.1. The van der Waals surface area contributed by atoms with Crippen LogP contribution in [0.3, 0.4) is 0 Å². The number of H-pyrrole nitrogens is 1. The summed E-state index contributed by atoms with van der Waals surface area (Å²) in [5.74, 6) is -0.324. The highest BCUT2D eigenvalue weighted by Crippen LogP contribution is 2.33. The predicted molar refractivity (Wildman–Crippen MR) is 95.0 cm³/mol. The summed E-state index contributed by atoms with van der Waals surface area (Å²) in [6.45, 7) is 7.20. The fourth-order valence-corrected chi connectivity index (χ4v) is 3.96. The van der Waals surface area contributed by atoms with Crippen LogP contribution in [0, 0.1) is 30.1 Å². The molecule has 2 amide bonds. The molecule has 0 spiro atoms. The van der Waals surface area contributed by atoms with Gasteiger partial charge in [0.1, 0.15) is 11.7 Å². The lowest BCUT2D eigenvalue weighted by Gasteiger charge is -2.43. The highest BCUT2D eigenvalue weighted by atomic mass is 16.2. The van der Waals surface area contributed by atoms with Gasteiger partial charge in [0.05, 0.1) is 17.6 Å². The van der Waals surface area contributed by atoms with Crippen LogP contribution in [0.15, 0.2) is 12.4 Å². The lowest BCUT2D eigenvalue weighted by Crippen LogP contribution is -2.59. The van der Waals surface area contributed by atoms with E-state index in [1.165, 1.54) is 0 Å². The van der Waals surface area contributed by atoms with Crippen LogP contribution in [0.2, 0.25) is 0 Å². The number of aromatic amines is 1. The SMILES string of the molecule is Cc1cnc2[nH]cc3c2c1CN(C(C(=O)N1CC(C#N)C1)C(C)C)C3=O. The summed E-state index contributed by atoms with van der Waals surface area (Å²) < 4.78 is 0. The first-order valence-corrected chi connectivity index (χ1v) is 8.87. The first-order valence-electron chi connectivity index (χ1n) is 8.87. The normalized spacial score (nSPS) is 18.2. The monoisotopic (exact) mass is 351 g/mol. The number of likely N-dealkylation sites (tertiary alicyclic amines) is 1. The second-order valence-corrected chi connectivity index (χ2v) is 7.54. The van der Waals surface area contributed by atoms with Crippen molar-refractivity contribution >= 4 is 22.8 Å². The number of carbonyl (C=O) groups excluding carboxylic acids is 2. The van der Waals surface area contributed by atoms with E-state index in [-0.39, 0.29) is 23.7 Å². The largest absolute Gasteiger partial charge is 0.345 e. The zero-order chi connectivity index (χ0) is 18.6. The van der Waals surface area contributed by atoms with E-state index in [0.717, 1.165) is 16.5 Å². The molecule has 7 heteroatoms. The minimum Gasteiger partial charge on any atom is -0.345 e. The second-order valence-electron chi connectivity index (χ2n) is 7.54. The number of carbonyl (C=O) groups is 2. The van der Waals surface area contributed by atoms with E-state index >= 15 is 0 Å². The zero-order valence-corrected chi connectivity index (χ0v) is 15.1. The van der Waals surface area contributed by atoms with Crippen molar-refractivity contribution in [3.63, 3.8) is 0 Å². The molecule has 1 atom stereocenters. The van der Waals surface area contributed by atoms with Gasteiger partial charge in [-0.15, -0.1) is 0 Å². The second kappa shape index (κ2) is 5.84. The van der Waals surface area contributed by atoms with E-state index in [9.17, 15) is 9.59 Å². The standard InChI is InChI=1S/C19H21N5O2/c1-10(2)16(19(26)23-7-12(4-20)8-23)24-9-14-11(3)5-21-17-15(14)13(6-22-17)18(24)25/h5-6,10,12,16H,7-9H2,1-3H3,(H,21,22). The number of nitriles is 1. The van der Waals surface area contributed by atoms with Crippen molar-refractivity contribution in [3.8, 4) is 6.07 Å². The molecule has 0 aromatic carbocycles. The molecule has 2 aromatic heterocycles. The molecule has 2 aliphatic rings. The number of nitrogens with one attached hydrogen (secondary N) is 1. The third kappa shape index (κ3) is 2.29. The molecule has 2 aliphatic heterocycles. The van der Waals surface area contributed by atoms with Crippen molar-refractivity contribution in [3.05, 3.63) is 29.1 Å². The fraction of sp³-hybridized carbons (Fsp3) is 0.474. The summed E-state index contributed by atoms with van der Waals surface area (Å²) in [6, 6.07) is 1.65. The maximum atomic E-state index is 13.1. The van der Waals surface area contributed by atoms with Gasteiger partial charge in [0.2, 0.25) is 5.91 Å². The van der Waals surface area contributed by atoms with Crippen LogP contribution in [-0.4, -0.2) is 50.7 Å². The molecular weight excluding hydrogens is 330 g/mol. The smallest absolute Gasteiger partial charge is 0.257 e. The van der Waals surface area contributed by atoms with Crippen molar-refractivity contribution in [2.45, 2.75) is 33.4 Å². The van der Waals surface area contributed by atoms with Gasteiger partial charge in [0.15, 0.2) is 0 Å². The first kappa shape index (κ1) is 16.6. The first-order chi connectivity index (χ1) is 12.4. The molecule has 1 N–H and O–H groups in total. The number of rotatable bonds is 3. The molecule has 1 fully saturated rings. The lowest BCUT2D eigenvalue weighted by molar-refractivity contribution is -0.143. The number of aromatic nitrogens is 2. The Labute approximate surface area is 151 Å². The third-order valence-electron chi connectivity index (χ3n) is 5.44. The third-order valence-corrected chi connectivity index (χ3v) is 5.44. The number of amides is 2. The molecule has 0 aliphatic carbocycles. The van der Waals surface area contributed by atoms with E-state index in [1.54, 1.807) is 22.2 Å². The molecule has 0 saturated carbocycles. The number of aryl methyl sites for hydroxylation is 1. The zero-order valence-electron chi connectivity index (χ0n) is 15.1. The summed E-state index contributed by atoms with van der Waals surface area (Å²) in [6.07, 6.45) is 3.48. The predicted octanol–water partition coefficient (Wildman–Crippen LogP) is 1.83. The summed E-state index contributed by atoms with van der Waals surface area (Å²) in [5.41, 5.74) is 3.34. The summed E-state index contributed by atoms with van der Waals surface area (Å²) in [4.78, 5) is 37.0. The maximum Gasteiger partial charge on any atom is 0.257 e. The quantitative estimate of drug-likeness (QED) is 0.913. The Balaban J connectivity index is 1.70. The summed E-state index contributed by atoms with van der Waals surface area (Å²) in [5, 5.41) is 9.83. The van der Waals surface area contributed by atoms with Gasteiger partial charge in [-0.25, -0.2) is 4.98 Å². The molecule has 26 heavy (non-hydrogen) atoms. The van der Waals surface area contributed by atoms with Gasteiger partial charge in [-0.1, -0.05) is 13.8 Å². The van der Waals surface area contributed by atoms with Crippen molar-refractivity contribution < 1.29 is 9.59 Å². The van der Waals surface area contributed by atoms with E-state index in [0.29, 0.717) is 30.8 Å². The van der Waals surface area contributed by atoms with E-state index in [2.05, 4.69) is 16.0 Å². The molecule has 1 saturated heterocycles. The van der Waals surface area contributed by atoms with Crippen molar-refractivity contribution in [2.75, 3.05) is 13.1 Å². The van der Waals surface area contributed by atoms with Crippen LogP contribution in [0.5, 0.6) is 0 Å². The fourth-order valence-electron chi connectivity index (χ4n) is 3.96. The van der Waals surface area contributed by atoms with Gasteiger partial charge in [-0.2, -0.15) is 5.26 Å². The van der Waals surface area contributed by atoms with Gasteiger partial charge < -0.3 is 14.8 Å². The Morgan fingerprint density at radius 1 is 1.42 bits per heavy atom. The van der Waals surface area contributed by atoms with E-state index in [1.807, 2.05) is 20.8 Å². The van der Waals surface area contributed by atoms with Gasteiger partial charge in [0.25, 0.3) is 5.91 Å². The highest BCUT2D eigenvalue weighted by Gasteiger charge is 2.42. The van der Waals surface area contributed by atoms with Crippen molar-refractivity contribution in [1.29, 1.82) is 5.26 Å². The Morgan fingerprint density at radius 2 is 2.15 bits per heavy atom. The Bertz CT molecular complexity index is 949. The van der Waals surface area contributed by atoms with Crippen LogP contribution < -0.4 is 0 Å². The van der Waals surface area contributed by atoms with Gasteiger partial charge in [-0.3, -0.25) is 9.59 Å². The highest BCUT2D eigenvalue weighted by molar-refractivity contribution is 6.10. The minimum absolute atomic E-state index is 0.0225. The number of hydrogen-bond acceptors (Lipinski definition) is 4. The Morgan fingerprint density at radius 3 is 2.81 bits per heavy atom. The molecule has 134 valence electrons. The van der Waals surface area contributed by atoms with E-state index < -0.39 is 6.04 Å². The molecule has 1 unspecified atom stereocenters. The molecule has 0 bridgehead atoms. The average Bonchev–Trinajstić information content (AvgIpc) is 2.98. The molecule has 4 rings (SSSR count). The molecular formula is C19H21N5O2. The molecule has 0 radical (unpaired) electrons. The topological polar surface area (TPSA) is 93.1 Å². The van der Waals surface area contributed by atoms with Crippen LogP contribution in [0.25, 0.3) is 11.0 Å². The van der Waals surface area contributed by atoms with Crippen LogP contribution >= 0.6 is 0 Å². The molecule has 4 heterocycles. The van der Waals surface area contributed by atoms with Gasteiger partial charge in [-0.05, 0) is 24.0 Å². The molecule has 7 nitrogen and oxygen atoms in total. The summed E-state index contributed by atoms with van der Waals surface area (Å²) >= 11 is 0. The summed E-state index contributed by atoms with van der Waals surface area (Å²) in [7, 11) is 0. The van der Waals surface area contributed by atoms with Gasteiger partial charge >= 0.3 is 0 Å². The van der Waals surface area contributed by atoms with Crippen LogP contribution in [0.4, 0.5) is 0 Å². The van der Waals surface area contributed by atoms with Crippen molar-refractivity contribution in [2.24, 2.45) is 11.8 Å². The lowest BCUT2D eigenvalue weighted by atomic mass is 9.92. The average molecular weight is 351 g/mol. The number of pyridine rings is 1. The van der Waals surface area contributed by atoms with Crippen LogP contribution in [-0.2, 0) is 11.3 Å². The van der Waals surface area contributed by atoms with Crippen LogP contribution in [0.1, 0.15) is 35.3 Å². The van der Waals surface area contributed by atoms with E-state index in [4.69, 9.17) is 5.26 Å². The Hall–Kier alpha value is -2.88. The minimum atomic E-state index is -0.534. The molecule has 2 aromatic rings. The number of hydrogen-bond donors (Lipinski definition) is 1. The Kier molecular flexibility index (Phi) is 3.72. The number of nitrogens with zero attached hydrogens (tertiary/aromatic N) is 4.